The minimum absolute atomic E-state index is 0.896. The van der Waals surface area contributed by atoms with E-state index in [1.807, 2.05) is 24.3 Å². The van der Waals surface area contributed by atoms with Crippen molar-refractivity contribution in [3.8, 4) is 33.4 Å². The summed E-state index contributed by atoms with van der Waals surface area (Å²) in [5.41, 5.74) is 13.8. The lowest BCUT2D eigenvalue weighted by Crippen LogP contribution is -2.11. The van der Waals surface area contributed by atoms with Crippen molar-refractivity contribution in [1.29, 1.82) is 0 Å². The maximum Gasteiger partial charge on any atom is 0.136 e. The molecule has 0 aliphatic rings. The SMILES string of the molecule is c1ccc(-c2ccc(N(c3ccc(-c4ccc5c(c4)oc4ccccc45)cc3)c3ccccc3-c3cccc4cc5oc6ccccc6c5cc34)cc2)cc1. The number of hydrogen-bond acceptors (Lipinski definition) is 3. The summed E-state index contributed by atoms with van der Waals surface area (Å²) in [5.74, 6) is 0. The molecule has 2 aromatic heterocycles. The molecule has 3 nitrogen and oxygen atoms in total. The standard InChI is InChI=1S/C52H33NO2/c1-2-11-34(12-3-1)35-21-26-39(27-22-35)53(40-28-23-36(24-29-40)37-25-30-45-43-15-5-8-19-49(43)54-51(45)31-37)48-18-7-4-14-42(48)41-17-10-13-38-32-52-47(33-46(38)41)44-16-6-9-20-50(44)55-52/h1-33H. The molecule has 0 amide bonds. The van der Waals surface area contributed by atoms with Crippen LogP contribution in [0.25, 0.3) is 88.0 Å². The van der Waals surface area contributed by atoms with Gasteiger partial charge in [0.1, 0.15) is 22.3 Å². The lowest BCUT2D eigenvalue weighted by molar-refractivity contribution is 0.669. The molecular weight excluding hydrogens is 671 g/mol. The van der Waals surface area contributed by atoms with Crippen molar-refractivity contribution >= 4 is 71.7 Å². The minimum Gasteiger partial charge on any atom is -0.456 e. The molecule has 0 radical (unpaired) electrons. The maximum absolute atomic E-state index is 6.29. The maximum atomic E-state index is 6.29. The summed E-state index contributed by atoms with van der Waals surface area (Å²) in [7, 11) is 0. The molecule has 0 saturated carbocycles. The van der Waals surface area contributed by atoms with Gasteiger partial charge in [0.15, 0.2) is 0 Å². The molecule has 0 saturated heterocycles. The third-order valence-electron chi connectivity index (χ3n) is 10.9. The van der Waals surface area contributed by atoms with E-state index in [0.717, 1.165) is 83.0 Å². The summed E-state index contributed by atoms with van der Waals surface area (Å²) >= 11 is 0. The largest absolute Gasteiger partial charge is 0.456 e. The first-order valence-electron chi connectivity index (χ1n) is 18.7. The number of anilines is 3. The number of benzene rings is 9. The third kappa shape index (κ3) is 5.28. The van der Waals surface area contributed by atoms with E-state index >= 15 is 0 Å². The zero-order chi connectivity index (χ0) is 36.3. The second-order valence-electron chi connectivity index (χ2n) is 14.1. The Balaban J connectivity index is 1.06. The van der Waals surface area contributed by atoms with E-state index in [-0.39, 0.29) is 0 Å². The van der Waals surface area contributed by atoms with Gasteiger partial charge in [0.05, 0.1) is 5.69 Å². The van der Waals surface area contributed by atoms with Crippen LogP contribution >= 0.6 is 0 Å². The highest BCUT2D eigenvalue weighted by Gasteiger charge is 2.20. The first kappa shape index (κ1) is 31.2. The van der Waals surface area contributed by atoms with E-state index in [4.69, 9.17) is 8.83 Å². The minimum atomic E-state index is 0.896. The van der Waals surface area contributed by atoms with Crippen molar-refractivity contribution < 1.29 is 8.83 Å². The summed E-state index contributed by atoms with van der Waals surface area (Å²) in [6.07, 6.45) is 0. The molecule has 3 heteroatoms. The smallest absolute Gasteiger partial charge is 0.136 e. The molecule has 9 aromatic carbocycles. The molecule has 0 spiro atoms. The van der Waals surface area contributed by atoms with E-state index in [1.165, 1.54) is 22.1 Å². The van der Waals surface area contributed by atoms with Crippen LogP contribution in [0.2, 0.25) is 0 Å². The zero-order valence-corrected chi connectivity index (χ0v) is 29.8. The van der Waals surface area contributed by atoms with Crippen LogP contribution in [0.15, 0.2) is 209 Å². The fourth-order valence-corrected chi connectivity index (χ4v) is 8.20. The number of para-hydroxylation sites is 3. The molecule has 11 rings (SSSR count). The van der Waals surface area contributed by atoms with Gasteiger partial charge in [-0.1, -0.05) is 133 Å². The van der Waals surface area contributed by atoms with Gasteiger partial charge in [-0.3, -0.25) is 0 Å². The quantitative estimate of drug-likeness (QED) is 0.173. The molecule has 11 aromatic rings. The molecule has 55 heavy (non-hydrogen) atoms. The van der Waals surface area contributed by atoms with Crippen molar-refractivity contribution in [2.45, 2.75) is 0 Å². The van der Waals surface area contributed by atoms with Crippen LogP contribution < -0.4 is 4.90 Å². The second-order valence-corrected chi connectivity index (χ2v) is 14.1. The van der Waals surface area contributed by atoms with Gasteiger partial charge in [-0.05, 0) is 105 Å². The lowest BCUT2D eigenvalue weighted by Gasteiger charge is -2.28. The summed E-state index contributed by atoms with van der Waals surface area (Å²) in [5, 5.41) is 6.85. The van der Waals surface area contributed by atoms with E-state index in [1.54, 1.807) is 0 Å². The van der Waals surface area contributed by atoms with Gasteiger partial charge in [0.25, 0.3) is 0 Å². The van der Waals surface area contributed by atoms with Crippen molar-refractivity contribution in [3.05, 3.63) is 200 Å². The Hall–Kier alpha value is -7.36. The van der Waals surface area contributed by atoms with E-state index in [0.29, 0.717) is 0 Å². The Morgan fingerprint density at radius 1 is 0.291 bits per heavy atom. The van der Waals surface area contributed by atoms with Gasteiger partial charge in [-0.2, -0.15) is 0 Å². The highest BCUT2D eigenvalue weighted by Crippen LogP contribution is 2.45. The van der Waals surface area contributed by atoms with E-state index < -0.39 is 0 Å². The molecule has 0 fully saturated rings. The second kappa shape index (κ2) is 12.6. The average Bonchev–Trinajstić information content (AvgIpc) is 3.81. The van der Waals surface area contributed by atoms with Crippen molar-refractivity contribution in [1.82, 2.24) is 0 Å². The number of rotatable bonds is 6. The highest BCUT2D eigenvalue weighted by atomic mass is 16.3. The lowest BCUT2D eigenvalue weighted by atomic mass is 9.94. The zero-order valence-electron chi connectivity index (χ0n) is 29.8. The molecule has 0 aliphatic heterocycles. The molecule has 258 valence electrons. The highest BCUT2D eigenvalue weighted by molar-refractivity contribution is 6.13. The van der Waals surface area contributed by atoms with Crippen LogP contribution in [0.1, 0.15) is 0 Å². The Labute approximate surface area is 317 Å². The van der Waals surface area contributed by atoms with Gasteiger partial charge >= 0.3 is 0 Å². The molecular formula is C52H33NO2. The van der Waals surface area contributed by atoms with E-state index in [9.17, 15) is 0 Å². The normalized spacial score (nSPS) is 11.6. The number of furan rings is 2. The number of nitrogens with zero attached hydrogens (tertiary/aromatic N) is 1. The number of hydrogen-bond donors (Lipinski definition) is 0. The van der Waals surface area contributed by atoms with Crippen LogP contribution in [-0.2, 0) is 0 Å². The average molecular weight is 704 g/mol. The summed E-state index contributed by atoms with van der Waals surface area (Å²) < 4.78 is 12.5. The summed E-state index contributed by atoms with van der Waals surface area (Å²) in [4.78, 5) is 2.38. The van der Waals surface area contributed by atoms with Gasteiger partial charge in [-0.25, -0.2) is 0 Å². The van der Waals surface area contributed by atoms with Gasteiger partial charge in [0.2, 0.25) is 0 Å². The molecule has 0 atom stereocenters. The van der Waals surface area contributed by atoms with Crippen molar-refractivity contribution in [2.24, 2.45) is 0 Å². The summed E-state index contributed by atoms with van der Waals surface area (Å²) in [6.45, 7) is 0. The molecule has 2 heterocycles. The third-order valence-corrected chi connectivity index (χ3v) is 10.9. The number of fused-ring (bicyclic) bond motifs is 7. The predicted octanol–water partition coefficient (Wildman–Crippen LogP) is 15.1. The Morgan fingerprint density at radius 2 is 0.818 bits per heavy atom. The molecule has 0 unspecified atom stereocenters. The fraction of sp³-hybridized carbons (Fsp3) is 0. The van der Waals surface area contributed by atoms with Gasteiger partial charge < -0.3 is 13.7 Å². The van der Waals surface area contributed by atoms with Crippen LogP contribution in [0.3, 0.4) is 0 Å². The fourth-order valence-electron chi connectivity index (χ4n) is 8.20. The van der Waals surface area contributed by atoms with Gasteiger partial charge in [0, 0.05) is 38.5 Å². The Kier molecular flexibility index (Phi) is 7.17. The topological polar surface area (TPSA) is 29.5 Å². The Bertz CT molecular complexity index is 3190. The molecule has 0 bridgehead atoms. The van der Waals surface area contributed by atoms with Crippen LogP contribution in [-0.4, -0.2) is 0 Å². The van der Waals surface area contributed by atoms with Crippen molar-refractivity contribution in [2.75, 3.05) is 4.90 Å². The first-order chi connectivity index (χ1) is 27.2. The van der Waals surface area contributed by atoms with Crippen LogP contribution in [0.5, 0.6) is 0 Å². The Morgan fingerprint density at radius 3 is 1.55 bits per heavy atom. The van der Waals surface area contributed by atoms with Crippen molar-refractivity contribution in [3.63, 3.8) is 0 Å². The van der Waals surface area contributed by atoms with Crippen LogP contribution in [0, 0.1) is 0 Å². The van der Waals surface area contributed by atoms with E-state index in [2.05, 4.69) is 181 Å². The first-order valence-corrected chi connectivity index (χ1v) is 18.7. The van der Waals surface area contributed by atoms with Crippen LogP contribution in [0.4, 0.5) is 17.1 Å². The molecule has 0 aliphatic carbocycles. The summed E-state index contributed by atoms with van der Waals surface area (Å²) in [6, 6.07) is 71.1. The molecule has 0 N–H and O–H groups in total. The monoisotopic (exact) mass is 703 g/mol. The predicted molar refractivity (Wildman–Crippen MR) is 229 cm³/mol. The van der Waals surface area contributed by atoms with Gasteiger partial charge in [-0.15, -0.1) is 0 Å².